The number of rotatable bonds is 5. The van der Waals surface area contributed by atoms with Gasteiger partial charge in [-0.25, -0.2) is 0 Å². The molecule has 0 radical (unpaired) electrons. The van der Waals surface area contributed by atoms with Crippen molar-refractivity contribution in [3.63, 3.8) is 0 Å². The average molecular weight is 271 g/mol. The van der Waals surface area contributed by atoms with Gasteiger partial charge in [0.05, 0.1) is 6.04 Å². The van der Waals surface area contributed by atoms with Crippen LogP contribution in [0, 0.1) is 0 Å². The van der Waals surface area contributed by atoms with Gasteiger partial charge in [-0.3, -0.25) is 4.79 Å². The van der Waals surface area contributed by atoms with Crippen molar-refractivity contribution in [3.8, 4) is 5.75 Å². The molecule has 2 N–H and O–H groups in total. The predicted molar refractivity (Wildman–Crippen MR) is 77.9 cm³/mol. The van der Waals surface area contributed by atoms with Crippen molar-refractivity contribution >= 4 is 11.7 Å². The molecular weight excluding hydrogens is 254 g/mol. The molecule has 0 aliphatic carbocycles. The fourth-order valence-corrected chi connectivity index (χ4v) is 2.15. The lowest BCUT2D eigenvalue weighted by atomic mass is 10.1. The molecule has 0 aliphatic rings. The number of phenolic OH excluding ortho intramolecular Hbond substituents is 1. The van der Waals surface area contributed by atoms with E-state index in [-0.39, 0.29) is 18.3 Å². The number of aliphatic carboxylic acids is 1. The number of carbonyl (C=O) groups is 1. The smallest absolute Gasteiger partial charge is 0.323 e. The molecule has 2 rings (SSSR count). The Hall–Kier alpha value is -2.49. The van der Waals surface area contributed by atoms with E-state index in [0.29, 0.717) is 0 Å². The minimum Gasteiger partial charge on any atom is -0.508 e. The second kappa shape index (κ2) is 6.10. The third-order valence-corrected chi connectivity index (χ3v) is 3.24. The van der Waals surface area contributed by atoms with Crippen molar-refractivity contribution in [1.29, 1.82) is 0 Å². The second-order valence-electron chi connectivity index (χ2n) is 4.62. The first-order valence-electron chi connectivity index (χ1n) is 6.40. The van der Waals surface area contributed by atoms with Crippen LogP contribution in [-0.2, 0) is 4.79 Å². The lowest BCUT2D eigenvalue weighted by molar-refractivity contribution is -0.135. The monoisotopic (exact) mass is 271 g/mol. The Bertz CT molecular complexity index is 566. The molecule has 1 atom stereocenters. The highest BCUT2D eigenvalue weighted by Gasteiger charge is 2.18. The molecule has 0 amide bonds. The standard InChI is InChI=1S/C16H17NO3/c1-12(13-7-9-15(18)10-8-13)17(11-16(19)20)14-5-3-2-4-6-14/h2-10,12,18H,11H2,1H3,(H,19,20). The highest BCUT2D eigenvalue weighted by Crippen LogP contribution is 2.27. The summed E-state index contributed by atoms with van der Waals surface area (Å²) in [5, 5.41) is 18.4. The lowest BCUT2D eigenvalue weighted by Gasteiger charge is -2.30. The Kier molecular flexibility index (Phi) is 4.25. The van der Waals surface area contributed by atoms with Gasteiger partial charge in [0.1, 0.15) is 12.3 Å². The van der Waals surface area contributed by atoms with Crippen molar-refractivity contribution in [2.75, 3.05) is 11.4 Å². The number of aromatic hydroxyl groups is 1. The first-order chi connectivity index (χ1) is 9.58. The van der Waals surface area contributed by atoms with E-state index in [1.165, 1.54) is 0 Å². The molecular formula is C16H17NO3. The quantitative estimate of drug-likeness (QED) is 0.877. The highest BCUT2D eigenvalue weighted by molar-refractivity contribution is 5.74. The zero-order valence-electron chi connectivity index (χ0n) is 11.2. The van der Waals surface area contributed by atoms with Gasteiger partial charge in [0.15, 0.2) is 0 Å². The Morgan fingerprint density at radius 2 is 1.70 bits per heavy atom. The van der Waals surface area contributed by atoms with Gasteiger partial charge in [-0.05, 0) is 36.8 Å². The molecule has 0 heterocycles. The van der Waals surface area contributed by atoms with E-state index in [9.17, 15) is 9.90 Å². The van der Waals surface area contributed by atoms with E-state index in [1.807, 2.05) is 42.2 Å². The summed E-state index contributed by atoms with van der Waals surface area (Å²) in [7, 11) is 0. The Balaban J connectivity index is 2.31. The largest absolute Gasteiger partial charge is 0.508 e. The van der Waals surface area contributed by atoms with Crippen LogP contribution >= 0.6 is 0 Å². The maximum absolute atomic E-state index is 11.1. The van der Waals surface area contributed by atoms with Crippen LogP contribution in [0.15, 0.2) is 54.6 Å². The minimum atomic E-state index is -0.875. The normalized spacial score (nSPS) is 11.8. The predicted octanol–water partition coefficient (Wildman–Crippen LogP) is 3.04. The van der Waals surface area contributed by atoms with Gasteiger partial charge in [0.2, 0.25) is 0 Å². The number of phenols is 1. The van der Waals surface area contributed by atoms with Crippen molar-refractivity contribution in [2.45, 2.75) is 13.0 Å². The SMILES string of the molecule is CC(c1ccc(O)cc1)N(CC(=O)O)c1ccccc1. The molecule has 4 heteroatoms. The van der Waals surface area contributed by atoms with Crippen molar-refractivity contribution in [3.05, 3.63) is 60.2 Å². The van der Waals surface area contributed by atoms with Crippen LogP contribution in [0.5, 0.6) is 5.75 Å². The first-order valence-corrected chi connectivity index (χ1v) is 6.40. The molecule has 0 saturated carbocycles. The molecule has 0 fully saturated rings. The molecule has 4 nitrogen and oxygen atoms in total. The number of hydrogen-bond donors (Lipinski definition) is 2. The summed E-state index contributed by atoms with van der Waals surface area (Å²) in [6.45, 7) is 1.87. The minimum absolute atomic E-state index is 0.0773. The third kappa shape index (κ3) is 3.29. The van der Waals surface area contributed by atoms with Gasteiger partial charge in [0, 0.05) is 5.69 Å². The third-order valence-electron chi connectivity index (χ3n) is 3.24. The molecule has 0 aliphatic heterocycles. The molecule has 2 aromatic carbocycles. The molecule has 20 heavy (non-hydrogen) atoms. The summed E-state index contributed by atoms with van der Waals surface area (Å²) in [6, 6.07) is 16.2. The molecule has 0 saturated heterocycles. The Labute approximate surface area is 117 Å². The van der Waals surface area contributed by atoms with Crippen LogP contribution in [0.1, 0.15) is 18.5 Å². The summed E-state index contributed by atoms with van der Waals surface area (Å²) in [5.41, 5.74) is 1.81. The topological polar surface area (TPSA) is 60.8 Å². The number of hydrogen-bond acceptors (Lipinski definition) is 3. The molecule has 2 aromatic rings. The summed E-state index contributed by atoms with van der Waals surface area (Å²) >= 11 is 0. The van der Waals surface area contributed by atoms with E-state index < -0.39 is 5.97 Å². The van der Waals surface area contributed by atoms with Crippen molar-refractivity contribution in [1.82, 2.24) is 0 Å². The van der Waals surface area contributed by atoms with Gasteiger partial charge < -0.3 is 15.1 Å². The maximum Gasteiger partial charge on any atom is 0.323 e. The first kappa shape index (κ1) is 13.9. The van der Waals surface area contributed by atoms with Gasteiger partial charge in [0.25, 0.3) is 0 Å². The number of para-hydroxylation sites is 1. The van der Waals surface area contributed by atoms with Crippen molar-refractivity contribution < 1.29 is 15.0 Å². The van der Waals surface area contributed by atoms with Crippen LogP contribution in [0.2, 0.25) is 0 Å². The highest BCUT2D eigenvalue weighted by atomic mass is 16.4. The average Bonchev–Trinajstić information content (AvgIpc) is 2.45. The number of carboxylic acid groups (broad SMARTS) is 1. The number of nitrogens with zero attached hydrogens (tertiary/aromatic N) is 1. The van der Waals surface area contributed by atoms with Crippen LogP contribution < -0.4 is 4.90 Å². The molecule has 0 spiro atoms. The summed E-state index contributed by atoms with van der Waals surface area (Å²) in [5.74, 6) is -0.676. The number of carboxylic acids is 1. The number of benzene rings is 2. The summed E-state index contributed by atoms with van der Waals surface area (Å²) in [6.07, 6.45) is 0. The fraction of sp³-hybridized carbons (Fsp3) is 0.188. The van der Waals surface area contributed by atoms with Crippen LogP contribution in [0.3, 0.4) is 0 Å². The maximum atomic E-state index is 11.1. The van der Waals surface area contributed by atoms with E-state index in [1.54, 1.807) is 24.3 Å². The van der Waals surface area contributed by atoms with Gasteiger partial charge >= 0.3 is 5.97 Å². The van der Waals surface area contributed by atoms with Crippen LogP contribution in [0.25, 0.3) is 0 Å². The van der Waals surface area contributed by atoms with Crippen molar-refractivity contribution in [2.24, 2.45) is 0 Å². The van der Waals surface area contributed by atoms with Gasteiger partial charge in [-0.2, -0.15) is 0 Å². The van der Waals surface area contributed by atoms with E-state index in [2.05, 4.69) is 0 Å². The molecule has 0 bridgehead atoms. The lowest BCUT2D eigenvalue weighted by Crippen LogP contribution is -2.32. The second-order valence-corrected chi connectivity index (χ2v) is 4.62. The summed E-state index contributed by atoms with van der Waals surface area (Å²) in [4.78, 5) is 12.9. The zero-order chi connectivity index (χ0) is 14.5. The van der Waals surface area contributed by atoms with Gasteiger partial charge in [-0.15, -0.1) is 0 Å². The molecule has 1 unspecified atom stereocenters. The van der Waals surface area contributed by atoms with Crippen LogP contribution in [0.4, 0.5) is 5.69 Å². The summed E-state index contributed by atoms with van der Waals surface area (Å²) < 4.78 is 0. The van der Waals surface area contributed by atoms with Crippen LogP contribution in [-0.4, -0.2) is 22.7 Å². The van der Waals surface area contributed by atoms with E-state index >= 15 is 0 Å². The van der Waals surface area contributed by atoms with E-state index in [0.717, 1.165) is 11.3 Å². The van der Waals surface area contributed by atoms with E-state index in [4.69, 9.17) is 5.11 Å². The Morgan fingerprint density at radius 3 is 2.25 bits per heavy atom. The van der Waals surface area contributed by atoms with Gasteiger partial charge in [-0.1, -0.05) is 30.3 Å². The molecule has 0 aromatic heterocycles. The number of anilines is 1. The Morgan fingerprint density at radius 1 is 1.10 bits per heavy atom. The molecule has 104 valence electrons. The fourth-order valence-electron chi connectivity index (χ4n) is 2.15. The zero-order valence-corrected chi connectivity index (χ0v) is 11.2.